The molecule has 0 spiro atoms. The van der Waals surface area contributed by atoms with E-state index in [0.717, 1.165) is 83.5 Å². The fourth-order valence-electron chi connectivity index (χ4n) is 6.43. The van der Waals surface area contributed by atoms with Crippen molar-refractivity contribution in [2.24, 2.45) is 5.73 Å². The average Bonchev–Trinajstić information content (AvgIpc) is 3.22. The zero-order chi connectivity index (χ0) is 43.2. The van der Waals surface area contributed by atoms with E-state index >= 15 is 0 Å². The van der Waals surface area contributed by atoms with Crippen LogP contribution in [0.25, 0.3) is 0 Å². The summed E-state index contributed by atoms with van der Waals surface area (Å²) in [5.74, 6) is -0.847. The van der Waals surface area contributed by atoms with Gasteiger partial charge in [-0.3, -0.25) is 18.6 Å². The van der Waals surface area contributed by atoms with Crippen molar-refractivity contribution in [1.82, 2.24) is 0 Å². The number of esters is 2. The molecule has 3 N–H and O–H groups in total. The number of phosphoric ester groups is 1. The molecule has 0 fully saturated rings. The Balaban J connectivity index is 4.14. The van der Waals surface area contributed by atoms with Gasteiger partial charge in [-0.2, -0.15) is 0 Å². The van der Waals surface area contributed by atoms with E-state index in [1.807, 2.05) is 0 Å². The number of carbonyl (C=O) groups is 2. The van der Waals surface area contributed by atoms with Crippen LogP contribution in [0, 0.1) is 0 Å². The molecule has 0 saturated carbocycles. The number of hydrogen-bond donors (Lipinski definition) is 2. The molecule has 0 aromatic carbocycles. The van der Waals surface area contributed by atoms with Crippen LogP contribution in [0.3, 0.4) is 0 Å². The summed E-state index contributed by atoms with van der Waals surface area (Å²) in [5, 5.41) is 0. The number of carbonyl (C=O) groups excluding carboxylic acids is 2. The molecule has 0 aromatic heterocycles. The van der Waals surface area contributed by atoms with Crippen LogP contribution in [0.4, 0.5) is 0 Å². The van der Waals surface area contributed by atoms with E-state index in [4.69, 9.17) is 24.3 Å². The van der Waals surface area contributed by atoms with E-state index < -0.39 is 26.5 Å². The monoisotopic (exact) mass is 850 g/mol. The number of allylic oxidation sites excluding steroid dienone is 10. The van der Waals surface area contributed by atoms with Gasteiger partial charge in [-0.1, -0.05) is 197 Å². The molecule has 2 atom stereocenters. The standard InChI is InChI=1S/C49H88NO8P/c1-3-5-7-9-11-13-15-17-19-21-22-23-24-26-28-30-32-34-36-38-40-42-49(52)58-47(46-57-59(53,54)56-44-43-50)45-55-48(51)41-39-37-35-33-31-29-27-25-20-18-16-14-12-10-8-6-4-2/h5,7,11,13,17,19,22-23,26,28,47H,3-4,6,8-10,12,14-16,18,20-21,24-25,27,29-46,50H2,1-2H3,(H,53,54)/b7-5-,13-11-,19-17-,23-22-,28-26-. The number of nitrogens with two attached hydrogens (primary N) is 1. The third kappa shape index (κ3) is 45.1. The lowest BCUT2D eigenvalue weighted by Crippen LogP contribution is -2.29. The molecular formula is C49H88NO8P. The summed E-state index contributed by atoms with van der Waals surface area (Å²) in [6.07, 6.45) is 53.9. The van der Waals surface area contributed by atoms with Gasteiger partial charge >= 0.3 is 19.8 Å². The molecule has 0 bridgehead atoms. The van der Waals surface area contributed by atoms with E-state index in [1.165, 1.54) is 89.9 Å². The summed E-state index contributed by atoms with van der Waals surface area (Å²) in [6, 6.07) is 0. The van der Waals surface area contributed by atoms with Crippen molar-refractivity contribution in [3.63, 3.8) is 0 Å². The summed E-state index contributed by atoms with van der Waals surface area (Å²) < 4.78 is 32.9. The highest BCUT2D eigenvalue weighted by atomic mass is 31.2. The average molecular weight is 850 g/mol. The SMILES string of the molecule is CC/C=C\C/C=C\C/C=C\C/C=C\C/C=C\CCCCCCCC(=O)OC(COC(=O)CCCCCCCCCCCCCCCCCCC)COP(=O)(O)OCCN. The molecule has 0 heterocycles. The van der Waals surface area contributed by atoms with Crippen molar-refractivity contribution >= 4 is 19.8 Å². The van der Waals surface area contributed by atoms with Crippen LogP contribution in [-0.4, -0.2) is 49.3 Å². The Morgan fingerprint density at radius 3 is 1.39 bits per heavy atom. The van der Waals surface area contributed by atoms with Gasteiger partial charge in [-0.05, 0) is 57.8 Å². The highest BCUT2D eigenvalue weighted by Crippen LogP contribution is 2.43. The summed E-state index contributed by atoms with van der Waals surface area (Å²) in [6.45, 7) is 3.61. The summed E-state index contributed by atoms with van der Waals surface area (Å²) in [4.78, 5) is 35.0. The van der Waals surface area contributed by atoms with Crippen LogP contribution in [-0.2, 0) is 32.7 Å². The third-order valence-corrected chi connectivity index (χ3v) is 10.9. The van der Waals surface area contributed by atoms with Gasteiger partial charge in [-0.15, -0.1) is 0 Å². The summed E-state index contributed by atoms with van der Waals surface area (Å²) >= 11 is 0. The maximum atomic E-state index is 12.6. The normalized spacial score (nSPS) is 13.8. The maximum absolute atomic E-state index is 12.6. The minimum absolute atomic E-state index is 0.0483. The number of rotatable bonds is 44. The van der Waals surface area contributed by atoms with E-state index in [2.05, 4.69) is 74.6 Å². The van der Waals surface area contributed by atoms with Crippen LogP contribution in [0.15, 0.2) is 60.8 Å². The molecular weight excluding hydrogens is 762 g/mol. The predicted molar refractivity (Wildman–Crippen MR) is 247 cm³/mol. The topological polar surface area (TPSA) is 134 Å². The first kappa shape index (κ1) is 56.7. The first-order valence-electron chi connectivity index (χ1n) is 23.8. The van der Waals surface area contributed by atoms with Crippen LogP contribution < -0.4 is 5.73 Å². The van der Waals surface area contributed by atoms with Gasteiger partial charge in [0, 0.05) is 19.4 Å². The van der Waals surface area contributed by atoms with Crippen molar-refractivity contribution in [2.45, 2.75) is 213 Å². The summed E-state index contributed by atoms with van der Waals surface area (Å²) in [7, 11) is -4.39. The Labute approximate surface area is 361 Å². The molecule has 0 rings (SSSR count). The zero-order valence-corrected chi connectivity index (χ0v) is 38.6. The molecule has 0 amide bonds. The molecule has 0 saturated heterocycles. The highest BCUT2D eigenvalue weighted by Gasteiger charge is 2.26. The number of hydrogen-bond acceptors (Lipinski definition) is 8. The van der Waals surface area contributed by atoms with Crippen LogP contribution in [0.1, 0.15) is 206 Å². The van der Waals surface area contributed by atoms with E-state index in [0.29, 0.717) is 6.42 Å². The van der Waals surface area contributed by atoms with Gasteiger partial charge in [0.1, 0.15) is 6.61 Å². The van der Waals surface area contributed by atoms with Crippen molar-refractivity contribution in [1.29, 1.82) is 0 Å². The minimum atomic E-state index is -4.39. The Morgan fingerprint density at radius 1 is 0.525 bits per heavy atom. The van der Waals surface area contributed by atoms with Crippen molar-refractivity contribution in [2.75, 3.05) is 26.4 Å². The molecule has 10 heteroatoms. The Kier molecular flexibility index (Phi) is 43.5. The molecule has 0 aliphatic heterocycles. The van der Waals surface area contributed by atoms with Crippen molar-refractivity contribution in [3.05, 3.63) is 60.8 Å². The van der Waals surface area contributed by atoms with Gasteiger partial charge in [0.05, 0.1) is 13.2 Å². The molecule has 342 valence electrons. The molecule has 0 aromatic rings. The molecule has 0 aliphatic rings. The number of phosphoric acid groups is 1. The molecule has 59 heavy (non-hydrogen) atoms. The predicted octanol–water partition coefficient (Wildman–Crippen LogP) is 14.1. The fraction of sp³-hybridized carbons (Fsp3) is 0.755. The maximum Gasteiger partial charge on any atom is 0.472 e. The van der Waals surface area contributed by atoms with Crippen molar-refractivity contribution < 1.29 is 37.6 Å². The van der Waals surface area contributed by atoms with Gasteiger partial charge in [0.15, 0.2) is 6.10 Å². The number of ether oxygens (including phenoxy) is 2. The Morgan fingerprint density at radius 2 is 0.932 bits per heavy atom. The van der Waals surface area contributed by atoms with Gasteiger partial charge < -0.3 is 20.1 Å². The van der Waals surface area contributed by atoms with Crippen LogP contribution >= 0.6 is 7.82 Å². The Hall–Kier alpha value is -2.29. The second-order valence-electron chi connectivity index (χ2n) is 15.6. The smallest absolute Gasteiger partial charge is 0.462 e. The van der Waals surface area contributed by atoms with E-state index in [-0.39, 0.29) is 38.6 Å². The van der Waals surface area contributed by atoms with Crippen LogP contribution in [0.2, 0.25) is 0 Å². The fourth-order valence-corrected chi connectivity index (χ4v) is 7.19. The second kappa shape index (κ2) is 45.2. The lowest BCUT2D eigenvalue weighted by Gasteiger charge is -2.19. The second-order valence-corrected chi connectivity index (χ2v) is 17.1. The number of unbranched alkanes of at least 4 members (excludes halogenated alkanes) is 21. The quantitative estimate of drug-likeness (QED) is 0.0266. The molecule has 9 nitrogen and oxygen atoms in total. The Bertz CT molecular complexity index is 1150. The van der Waals surface area contributed by atoms with E-state index in [9.17, 15) is 19.0 Å². The first-order chi connectivity index (χ1) is 28.8. The van der Waals surface area contributed by atoms with E-state index in [1.54, 1.807) is 0 Å². The third-order valence-electron chi connectivity index (χ3n) is 9.92. The van der Waals surface area contributed by atoms with Gasteiger partial charge in [0.25, 0.3) is 0 Å². The lowest BCUT2D eigenvalue weighted by molar-refractivity contribution is -0.161. The molecule has 2 unspecified atom stereocenters. The first-order valence-corrected chi connectivity index (χ1v) is 25.3. The zero-order valence-electron chi connectivity index (χ0n) is 37.7. The van der Waals surface area contributed by atoms with Gasteiger partial charge in [0.2, 0.25) is 0 Å². The van der Waals surface area contributed by atoms with Crippen molar-refractivity contribution in [3.8, 4) is 0 Å². The lowest BCUT2D eigenvalue weighted by atomic mass is 10.0. The molecule has 0 aliphatic carbocycles. The van der Waals surface area contributed by atoms with Gasteiger partial charge in [-0.25, -0.2) is 4.57 Å². The summed E-state index contributed by atoms with van der Waals surface area (Å²) in [5.41, 5.74) is 5.36. The van der Waals surface area contributed by atoms with Crippen LogP contribution in [0.5, 0.6) is 0 Å². The largest absolute Gasteiger partial charge is 0.472 e. The highest BCUT2D eigenvalue weighted by molar-refractivity contribution is 7.47. The molecule has 0 radical (unpaired) electrons. The minimum Gasteiger partial charge on any atom is -0.462 e.